The molecule has 6 heteroatoms. The zero-order valence-electron chi connectivity index (χ0n) is 10.1. The standard InChI is InChI=1S/C14H8ClFN2O2/c15-11-6-1-3-8(17-11)7-18-12-9(13(19)14(18)20)4-2-5-10(12)16/h1-6H,7H2. The molecular formula is C14H8ClFN2O2. The van der Waals surface area contributed by atoms with E-state index < -0.39 is 17.5 Å². The van der Waals surface area contributed by atoms with Crippen molar-refractivity contribution >= 4 is 29.0 Å². The molecule has 4 nitrogen and oxygen atoms in total. The quantitative estimate of drug-likeness (QED) is 0.631. The number of anilines is 1. The highest BCUT2D eigenvalue weighted by atomic mass is 35.5. The lowest BCUT2D eigenvalue weighted by atomic mass is 10.1. The molecule has 0 aliphatic carbocycles. The number of para-hydroxylation sites is 1. The maximum absolute atomic E-state index is 13.9. The van der Waals surface area contributed by atoms with Crippen molar-refractivity contribution in [3.63, 3.8) is 0 Å². The summed E-state index contributed by atoms with van der Waals surface area (Å²) in [7, 11) is 0. The van der Waals surface area contributed by atoms with Gasteiger partial charge in [0, 0.05) is 0 Å². The number of benzene rings is 1. The average molecular weight is 291 g/mol. The SMILES string of the molecule is O=C1C(=O)N(Cc2cccc(Cl)n2)c2c(F)cccc21. The molecule has 1 aromatic heterocycles. The van der Waals surface area contributed by atoms with Crippen LogP contribution in [-0.2, 0) is 11.3 Å². The lowest BCUT2D eigenvalue weighted by Gasteiger charge is -2.16. The van der Waals surface area contributed by atoms with Crippen molar-refractivity contribution in [2.24, 2.45) is 0 Å². The molecule has 2 aromatic rings. The monoisotopic (exact) mass is 290 g/mol. The average Bonchev–Trinajstić information content (AvgIpc) is 2.66. The topological polar surface area (TPSA) is 50.3 Å². The lowest BCUT2D eigenvalue weighted by Crippen LogP contribution is -2.30. The summed E-state index contributed by atoms with van der Waals surface area (Å²) >= 11 is 5.77. The Labute approximate surface area is 118 Å². The first-order valence-corrected chi connectivity index (χ1v) is 6.22. The van der Waals surface area contributed by atoms with Crippen molar-refractivity contribution < 1.29 is 14.0 Å². The second-order valence-corrected chi connectivity index (χ2v) is 4.70. The van der Waals surface area contributed by atoms with Gasteiger partial charge in [-0.15, -0.1) is 0 Å². The minimum Gasteiger partial charge on any atom is -0.296 e. The molecule has 3 rings (SSSR count). The van der Waals surface area contributed by atoms with Crippen LogP contribution in [0.15, 0.2) is 36.4 Å². The van der Waals surface area contributed by atoms with Gasteiger partial charge in [0.25, 0.3) is 11.7 Å². The molecule has 0 spiro atoms. The molecule has 0 bridgehead atoms. The molecular weight excluding hydrogens is 283 g/mol. The van der Waals surface area contributed by atoms with E-state index in [-0.39, 0.29) is 22.9 Å². The Morgan fingerprint density at radius 1 is 1.15 bits per heavy atom. The highest BCUT2D eigenvalue weighted by Crippen LogP contribution is 2.32. The van der Waals surface area contributed by atoms with Crippen molar-refractivity contribution in [3.05, 3.63) is 58.6 Å². The normalized spacial score (nSPS) is 13.8. The van der Waals surface area contributed by atoms with E-state index in [2.05, 4.69) is 4.98 Å². The van der Waals surface area contributed by atoms with Gasteiger partial charge in [-0.1, -0.05) is 23.7 Å². The second-order valence-electron chi connectivity index (χ2n) is 4.31. The van der Waals surface area contributed by atoms with Crippen molar-refractivity contribution in [3.8, 4) is 0 Å². The van der Waals surface area contributed by atoms with E-state index in [1.165, 1.54) is 18.2 Å². The van der Waals surface area contributed by atoms with Gasteiger partial charge in [-0.3, -0.25) is 14.5 Å². The fourth-order valence-electron chi connectivity index (χ4n) is 2.16. The molecule has 0 saturated carbocycles. The first kappa shape index (κ1) is 12.7. The van der Waals surface area contributed by atoms with Gasteiger partial charge in [0.05, 0.1) is 23.5 Å². The van der Waals surface area contributed by atoms with Crippen LogP contribution in [-0.4, -0.2) is 16.7 Å². The number of carbonyl (C=O) groups is 2. The van der Waals surface area contributed by atoms with E-state index in [0.717, 1.165) is 4.90 Å². The number of halogens is 2. The summed E-state index contributed by atoms with van der Waals surface area (Å²) in [6.07, 6.45) is 0. The molecule has 0 radical (unpaired) electrons. The molecule has 1 amide bonds. The number of hydrogen-bond acceptors (Lipinski definition) is 3. The Bertz CT molecular complexity index is 733. The fraction of sp³-hybridized carbons (Fsp3) is 0.0714. The van der Waals surface area contributed by atoms with Gasteiger partial charge in [-0.25, -0.2) is 9.37 Å². The van der Waals surface area contributed by atoms with Crippen molar-refractivity contribution in [2.45, 2.75) is 6.54 Å². The Balaban J connectivity index is 2.03. The number of fused-ring (bicyclic) bond motifs is 1. The van der Waals surface area contributed by atoms with Crippen LogP contribution in [0.4, 0.5) is 10.1 Å². The Kier molecular flexibility index (Phi) is 2.99. The zero-order valence-corrected chi connectivity index (χ0v) is 10.9. The third kappa shape index (κ3) is 1.96. The van der Waals surface area contributed by atoms with E-state index in [0.29, 0.717) is 5.69 Å². The summed E-state index contributed by atoms with van der Waals surface area (Å²) in [5.41, 5.74) is 0.566. The largest absolute Gasteiger partial charge is 0.299 e. The highest BCUT2D eigenvalue weighted by Gasteiger charge is 2.38. The number of Topliss-reactive ketones (excluding diaryl/α,β-unsaturated/α-hetero) is 1. The molecule has 1 aliphatic heterocycles. The van der Waals surface area contributed by atoms with Crippen LogP contribution >= 0.6 is 11.6 Å². The molecule has 100 valence electrons. The predicted molar refractivity (Wildman–Crippen MR) is 71.2 cm³/mol. The summed E-state index contributed by atoms with van der Waals surface area (Å²) in [5.74, 6) is -2.07. The second kappa shape index (κ2) is 4.68. The van der Waals surface area contributed by atoms with Crippen LogP contribution in [0.2, 0.25) is 5.15 Å². The molecule has 20 heavy (non-hydrogen) atoms. The highest BCUT2D eigenvalue weighted by molar-refractivity contribution is 6.52. The number of carbonyl (C=O) groups excluding carboxylic acids is 2. The lowest BCUT2D eigenvalue weighted by molar-refractivity contribution is -0.114. The van der Waals surface area contributed by atoms with Gasteiger partial charge in [-0.2, -0.15) is 0 Å². The maximum atomic E-state index is 13.9. The summed E-state index contributed by atoms with van der Waals surface area (Å²) < 4.78 is 13.9. The summed E-state index contributed by atoms with van der Waals surface area (Å²) in [6.45, 7) is -0.000926. The van der Waals surface area contributed by atoms with E-state index in [4.69, 9.17) is 11.6 Å². The number of hydrogen-bond donors (Lipinski definition) is 0. The molecule has 0 saturated heterocycles. The van der Waals surface area contributed by atoms with Crippen LogP contribution in [0, 0.1) is 5.82 Å². The molecule has 2 heterocycles. The van der Waals surface area contributed by atoms with Crippen LogP contribution < -0.4 is 4.90 Å². The summed E-state index contributed by atoms with van der Waals surface area (Å²) in [5, 5.41) is 0.272. The van der Waals surface area contributed by atoms with Gasteiger partial charge in [0.15, 0.2) is 0 Å². The zero-order chi connectivity index (χ0) is 14.3. The Hall–Kier alpha value is -2.27. The van der Waals surface area contributed by atoms with Crippen molar-refractivity contribution in [2.75, 3.05) is 4.90 Å². The van der Waals surface area contributed by atoms with Crippen LogP contribution in [0.5, 0.6) is 0 Å². The fourth-order valence-corrected chi connectivity index (χ4v) is 2.34. The minimum absolute atomic E-state index is 0.000926. The number of rotatable bonds is 2. The Morgan fingerprint density at radius 2 is 1.90 bits per heavy atom. The molecule has 0 N–H and O–H groups in total. The van der Waals surface area contributed by atoms with E-state index in [1.807, 2.05) is 0 Å². The third-order valence-electron chi connectivity index (χ3n) is 3.03. The number of amides is 1. The Morgan fingerprint density at radius 3 is 2.65 bits per heavy atom. The smallest absolute Gasteiger partial charge is 0.296 e. The van der Waals surface area contributed by atoms with Crippen LogP contribution in [0.1, 0.15) is 16.1 Å². The molecule has 0 unspecified atom stereocenters. The molecule has 1 aromatic carbocycles. The number of nitrogens with zero attached hydrogens (tertiary/aromatic N) is 2. The number of ketones is 1. The maximum Gasteiger partial charge on any atom is 0.299 e. The van der Waals surface area contributed by atoms with Gasteiger partial charge in [0.1, 0.15) is 11.0 Å². The van der Waals surface area contributed by atoms with E-state index >= 15 is 0 Å². The van der Waals surface area contributed by atoms with E-state index in [9.17, 15) is 14.0 Å². The van der Waals surface area contributed by atoms with E-state index in [1.54, 1.807) is 18.2 Å². The van der Waals surface area contributed by atoms with Crippen LogP contribution in [0.3, 0.4) is 0 Å². The first-order chi connectivity index (χ1) is 9.58. The number of aromatic nitrogens is 1. The molecule has 0 fully saturated rings. The van der Waals surface area contributed by atoms with Gasteiger partial charge in [0.2, 0.25) is 0 Å². The third-order valence-corrected chi connectivity index (χ3v) is 3.24. The van der Waals surface area contributed by atoms with Crippen LogP contribution in [0.25, 0.3) is 0 Å². The number of pyridine rings is 1. The summed E-state index contributed by atoms with van der Waals surface area (Å²) in [6, 6.07) is 8.97. The molecule has 0 atom stereocenters. The summed E-state index contributed by atoms with van der Waals surface area (Å²) in [4.78, 5) is 28.9. The minimum atomic E-state index is -0.758. The van der Waals surface area contributed by atoms with Gasteiger partial charge in [-0.05, 0) is 24.3 Å². The van der Waals surface area contributed by atoms with Gasteiger partial charge < -0.3 is 0 Å². The van der Waals surface area contributed by atoms with Crippen molar-refractivity contribution in [1.82, 2.24) is 4.98 Å². The first-order valence-electron chi connectivity index (χ1n) is 5.84. The van der Waals surface area contributed by atoms with Gasteiger partial charge >= 0.3 is 0 Å². The molecule has 1 aliphatic rings. The predicted octanol–water partition coefficient (Wildman–Crippen LogP) is 2.60. The van der Waals surface area contributed by atoms with Crippen molar-refractivity contribution in [1.29, 1.82) is 0 Å².